The Morgan fingerprint density at radius 2 is 1.71 bits per heavy atom. The summed E-state index contributed by atoms with van der Waals surface area (Å²) in [5.74, 6) is 0.0370. The van der Waals surface area contributed by atoms with E-state index in [9.17, 15) is 19.2 Å². The fourth-order valence-corrected chi connectivity index (χ4v) is 6.02. The van der Waals surface area contributed by atoms with Gasteiger partial charge in [0.15, 0.2) is 0 Å². The topological polar surface area (TPSA) is 111 Å². The highest BCUT2D eigenvalue weighted by atomic mass is 16.5. The third-order valence-electron chi connectivity index (χ3n) is 7.82. The lowest BCUT2D eigenvalue weighted by atomic mass is 9.81. The Hall–Kier alpha value is -3.49. The van der Waals surface area contributed by atoms with E-state index in [-0.39, 0.29) is 60.2 Å². The van der Waals surface area contributed by atoms with Crippen molar-refractivity contribution in [3.63, 3.8) is 0 Å². The molecule has 184 valence electrons. The maximum absolute atomic E-state index is 12.9. The molecule has 9 heteroatoms. The molecular formula is C26H30N4O5. The fourth-order valence-electron chi connectivity index (χ4n) is 6.02. The minimum absolute atomic E-state index is 0.183. The molecule has 3 fully saturated rings. The zero-order valence-corrected chi connectivity index (χ0v) is 20.0. The average Bonchev–Trinajstić information content (AvgIpc) is 3.55. The van der Waals surface area contributed by atoms with Crippen molar-refractivity contribution >= 4 is 17.7 Å². The smallest absolute Gasteiger partial charge is 0.266 e. The van der Waals surface area contributed by atoms with Gasteiger partial charge < -0.3 is 10.1 Å². The van der Waals surface area contributed by atoms with E-state index in [0.717, 1.165) is 35.5 Å². The van der Waals surface area contributed by atoms with Crippen molar-refractivity contribution in [1.82, 2.24) is 20.0 Å². The van der Waals surface area contributed by atoms with Crippen molar-refractivity contribution < 1.29 is 19.1 Å². The van der Waals surface area contributed by atoms with Crippen molar-refractivity contribution in [3.05, 3.63) is 46.8 Å². The van der Waals surface area contributed by atoms with Crippen LogP contribution in [0.1, 0.15) is 32.6 Å². The van der Waals surface area contributed by atoms with E-state index in [2.05, 4.69) is 10.4 Å². The number of methoxy groups -OCH3 is 1. The van der Waals surface area contributed by atoms with E-state index in [0.29, 0.717) is 12.1 Å². The number of amides is 3. The van der Waals surface area contributed by atoms with Crippen LogP contribution >= 0.6 is 0 Å². The monoisotopic (exact) mass is 478 g/mol. The van der Waals surface area contributed by atoms with Gasteiger partial charge in [0.2, 0.25) is 17.7 Å². The Kier molecular flexibility index (Phi) is 6.17. The molecule has 1 aromatic carbocycles. The van der Waals surface area contributed by atoms with Gasteiger partial charge in [-0.1, -0.05) is 6.92 Å². The molecule has 2 heterocycles. The Balaban J connectivity index is 1.24. The number of nitrogens with one attached hydrogen (secondary N) is 1. The largest absolute Gasteiger partial charge is 0.497 e. The number of carbonyl (C=O) groups excluding carboxylic acids is 3. The molecule has 0 unspecified atom stereocenters. The second kappa shape index (κ2) is 9.28. The van der Waals surface area contributed by atoms with Gasteiger partial charge in [0.1, 0.15) is 12.3 Å². The van der Waals surface area contributed by atoms with E-state index in [1.54, 1.807) is 13.2 Å². The molecule has 9 nitrogen and oxygen atoms in total. The molecule has 3 aliphatic rings. The zero-order valence-electron chi connectivity index (χ0n) is 20.0. The molecule has 1 aliphatic heterocycles. The third-order valence-corrected chi connectivity index (χ3v) is 7.82. The van der Waals surface area contributed by atoms with Gasteiger partial charge in [-0.15, -0.1) is 0 Å². The number of rotatable bonds is 8. The quantitative estimate of drug-likeness (QED) is 0.580. The number of aromatic nitrogens is 2. The van der Waals surface area contributed by atoms with Gasteiger partial charge in [0, 0.05) is 17.7 Å². The molecule has 5 atom stereocenters. The number of nitrogens with zero attached hydrogens (tertiary/aromatic N) is 3. The van der Waals surface area contributed by atoms with Crippen LogP contribution in [0.25, 0.3) is 11.3 Å². The van der Waals surface area contributed by atoms with Crippen LogP contribution in [-0.2, 0) is 20.9 Å². The van der Waals surface area contributed by atoms with E-state index < -0.39 is 5.91 Å². The Bertz CT molecular complexity index is 1180. The maximum atomic E-state index is 12.9. The molecule has 3 amide bonds. The lowest BCUT2D eigenvalue weighted by molar-refractivity contribution is -0.144. The van der Waals surface area contributed by atoms with Crippen molar-refractivity contribution in [2.24, 2.45) is 23.7 Å². The van der Waals surface area contributed by atoms with Gasteiger partial charge in [0.05, 0.1) is 31.2 Å². The molecule has 2 bridgehead atoms. The van der Waals surface area contributed by atoms with E-state index in [1.165, 1.54) is 10.7 Å². The number of ether oxygens (including phenoxy) is 1. The zero-order chi connectivity index (χ0) is 24.7. The summed E-state index contributed by atoms with van der Waals surface area (Å²) in [5, 5.41) is 7.36. The molecule has 1 N–H and O–H groups in total. The minimum Gasteiger partial charge on any atom is -0.497 e. The molecule has 2 aliphatic carbocycles. The predicted octanol–water partition coefficient (Wildman–Crippen LogP) is 1.84. The number of benzene rings is 1. The average molecular weight is 479 g/mol. The lowest BCUT2D eigenvalue weighted by Crippen LogP contribution is -2.46. The first-order valence-electron chi connectivity index (χ1n) is 12.3. The van der Waals surface area contributed by atoms with Crippen LogP contribution in [0.4, 0.5) is 0 Å². The molecule has 1 saturated heterocycles. The molecular weight excluding hydrogens is 448 g/mol. The van der Waals surface area contributed by atoms with Crippen molar-refractivity contribution in [2.45, 2.75) is 45.2 Å². The van der Waals surface area contributed by atoms with Crippen molar-refractivity contribution in [3.8, 4) is 17.0 Å². The van der Waals surface area contributed by atoms with Crippen LogP contribution < -0.4 is 15.6 Å². The number of imide groups is 1. The van der Waals surface area contributed by atoms with Gasteiger partial charge in [-0.05, 0) is 67.9 Å². The molecule has 0 spiro atoms. The molecule has 2 saturated carbocycles. The van der Waals surface area contributed by atoms with Gasteiger partial charge in [-0.3, -0.25) is 24.1 Å². The Labute approximate surface area is 203 Å². The number of likely N-dealkylation sites (tertiary alicyclic amines) is 1. The summed E-state index contributed by atoms with van der Waals surface area (Å²) >= 11 is 0. The normalized spacial score (nSPS) is 25.6. The molecule has 2 aromatic rings. The first kappa shape index (κ1) is 23.3. The fraction of sp³-hybridized carbons (Fsp3) is 0.500. The van der Waals surface area contributed by atoms with Crippen LogP contribution in [0, 0.1) is 23.7 Å². The first-order valence-corrected chi connectivity index (χ1v) is 12.3. The van der Waals surface area contributed by atoms with Crippen LogP contribution in [0.3, 0.4) is 0 Å². The summed E-state index contributed by atoms with van der Waals surface area (Å²) in [6.07, 6.45) is 3.52. The number of hydrogen-bond donors (Lipinski definition) is 1. The first-order chi connectivity index (χ1) is 16.9. The highest BCUT2D eigenvalue weighted by Gasteiger charge is 2.60. The predicted molar refractivity (Wildman–Crippen MR) is 127 cm³/mol. The molecule has 1 aromatic heterocycles. The van der Waals surface area contributed by atoms with E-state index >= 15 is 0 Å². The summed E-state index contributed by atoms with van der Waals surface area (Å²) < 4.78 is 6.52. The van der Waals surface area contributed by atoms with Crippen LogP contribution in [-0.4, -0.2) is 52.1 Å². The number of fused-ring (bicyclic) bond motifs is 5. The Morgan fingerprint density at radius 3 is 2.31 bits per heavy atom. The summed E-state index contributed by atoms with van der Waals surface area (Å²) in [6, 6.07) is 10.1. The standard InChI is InChI=1S/C26H30N4O5/c1-3-18(13-30-22(32)11-10-20(28-30)15-6-8-19(35-2)9-7-15)27-21(31)14-29-25(33)23-16-4-5-17(12-16)24(23)26(29)34/h6-11,16-18,23-24H,3-5,12-14H2,1-2H3,(H,27,31)/t16-,17+,18-,23-,24+/m1/s1. The summed E-state index contributed by atoms with van der Waals surface area (Å²) in [5.41, 5.74) is 1.19. The van der Waals surface area contributed by atoms with Gasteiger partial charge >= 0.3 is 0 Å². The summed E-state index contributed by atoms with van der Waals surface area (Å²) in [4.78, 5) is 52.2. The number of carbonyl (C=O) groups is 3. The van der Waals surface area contributed by atoms with Crippen molar-refractivity contribution in [1.29, 1.82) is 0 Å². The van der Waals surface area contributed by atoms with Crippen LogP contribution in [0.15, 0.2) is 41.2 Å². The van der Waals surface area contributed by atoms with E-state index in [1.807, 2.05) is 31.2 Å². The SMILES string of the molecule is CC[C@H](Cn1nc(-c2ccc(OC)cc2)ccc1=O)NC(=O)CN1C(=O)[C@@H]2[C@@H]3CC[C@@H](C3)[C@@H]2C1=O. The second-order valence-electron chi connectivity index (χ2n) is 9.79. The van der Waals surface area contributed by atoms with Gasteiger partial charge in [-0.2, -0.15) is 5.10 Å². The number of hydrogen-bond acceptors (Lipinski definition) is 6. The maximum Gasteiger partial charge on any atom is 0.266 e. The summed E-state index contributed by atoms with van der Waals surface area (Å²) in [6.45, 7) is 1.81. The summed E-state index contributed by atoms with van der Waals surface area (Å²) in [7, 11) is 1.59. The molecule has 0 radical (unpaired) electrons. The third kappa shape index (κ3) is 4.24. The Morgan fingerprint density at radius 1 is 1.06 bits per heavy atom. The van der Waals surface area contributed by atoms with Crippen molar-refractivity contribution in [2.75, 3.05) is 13.7 Å². The molecule has 35 heavy (non-hydrogen) atoms. The van der Waals surface area contributed by atoms with Gasteiger partial charge in [0.25, 0.3) is 5.56 Å². The van der Waals surface area contributed by atoms with Crippen LogP contribution in [0.5, 0.6) is 5.75 Å². The second-order valence-corrected chi connectivity index (χ2v) is 9.79. The van der Waals surface area contributed by atoms with Gasteiger partial charge in [-0.25, -0.2) is 4.68 Å². The highest BCUT2D eigenvalue weighted by Crippen LogP contribution is 2.56. The lowest BCUT2D eigenvalue weighted by Gasteiger charge is -2.21. The highest BCUT2D eigenvalue weighted by molar-refractivity contribution is 6.08. The van der Waals surface area contributed by atoms with E-state index in [4.69, 9.17) is 4.74 Å². The van der Waals surface area contributed by atoms with Crippen LogP contribution in [0.2, 0.25) is 0 Å². The molecule has 5 rings (SSSR count). The minimum atomic E-state index is -0.398.